The molecule has 0 aliphatic carbocycles. The largest absolute Gasteiger partial charge is 0.472 e. The van der Waals surface area contributed by atoms with Gasteiger partial charge in [0.1, 0.15) is 19.3 Å². The number of esters is 4. The Hall–Kier alpha value is -4.54. The van der Waals surface area contributed by atoms with Gasteiger partial charge in [0.15, 0.2) is 12.2 Å². The SMILES string of the molecule is CC/C=C\C/C=C\C/C=C\C/C=C\C/C=C\CCCCCC(=O)O[C@H](COC(=O)CCCCCCC/C=C\C/C=C\CCCCC)COP(=O)(O)OC[C@@H](O)COP(=O)(O)OC[C@@H](COC(=O)CCCCCCC/C=C\CCCCCC)OC(=O)CCCCCCC/C=C\C/C=C\CCCCC. The lowest BCUT2D eigenvalue weighted by Gasteiger charge is -2.21. The Balaban J connectivity index is 5.42. The number of unbranched alkanes of at least 4 members (excludes halogenated alkanes) is 28. The van der Waals surface area contributed by atoms with Crippen molar-refractivity contribution in [3.05, 3.63) is 122 Å². The van der Waals surface area contributed by atoms with Crippen molar-refractivity contribution in [3.63, 3.8) is 0 Å². The van der Waals surface area contributed by atoms with E-state index in [0.717, 1.165) is 180 Å². The van der Waals surface area contributed by atoms with Crippen LogP contribution in [0.4, 0.5) is 0 Å². The summed E-state index contributed by atoms with van der Waals surface area (Å²) in [4.78, 5) is 73.0. The van der Waals surface area contributed by atoms with Crippen LogP contribution in [0.2, 0.25) is 0 Å². The zero-order valence-corrected chi connectivity index (χ0v) is 65.8. The van der Waals surface area contributed by atoms with Crippen molar-refractivity contribution in [3.8, 4) is 0 Å². The van der Waals surface area contributed by atoms with Crippen molar-refractivity contribution in [1.29, 1.82) is 0 Å². The van der Waals surface area contributed by atoms with Gasteiger partial charge in [-0.05, 0) is 161 Å². The molecule has 3 N–H and O–H groups in total. The van der Waals surface area contributed by atoms with E-state index in [0.29, 0.717) is 25.7 Å². The second-order valence-electron chi connectivity index (χ2n) is 26.3. The monoisotopic (exact) mass is 1470 g/mol. The van der Waals surface area contributed by atoms with Crippen molar-refractivity contribution in [2.75, 3.05) is 39.6 Å². The second-order valence-corrected chi connectivity index (χ2v) is 29.2. The Bertz CT molecular complexity index is 2410. The molecule has 5 atom stereocenters. The van der Waals surface area contributed by atoms with Gasteiger partial charge < -0.3 is 33.8 Å². The highest BCUT2D eigenvalue weighted by molar-refractivity contribution is 7.47. The molecule has 0 saturated heterocycles. The van der Waals surface area contributed by atoms with Crippen LogP contribution < -0.4 is 0 Å². The van der Waals surface area contributed by atoms with Crippen LogP contribution in [-0.2, 0) is 65.4 Å². The lowest BCUT2D eigenvalue weighted by atomic mass is 10.1. The number of carbonyl (C=O) groups excluding carboxylic acids is 4. The molecule has 0 aromatic rings. The van der Waals surface area contributed by atoms with E-state index in [-0.39, 0.29) is 25.7 Å². The van der Waals surface area contributed by atoms with Crippen molar-refractivity contribution < 1.29 is 80.2 Å². The number of ether oxygens (including phenoxy) is 4. The van der Waals surface area contributed by atoms with Crippen LogP contribution in [-0.4, -0.2) is 96.7 Å². The molecule has 102 heavy (non-hydrogen) atoms. The van der Waals surface area contributed by atoms with Crippen molar-refractivity contribution in [2.45, 2.75) is 341 Å². The topological polar surface area (TPSA) is 237 Å². The number of hydrogen-bond acceptors (Lipinski definition) is 15. The molecule has 0 radical (unpaired) electrons. The summed E-state index contributed by atoms with van der Waals surface area (Å²) in [7, 11) is -9.98. The fourth-order valence-corrected chi connectivity index (χ4v) is 11.9. The number of hydrogen-bond donors (Lipinski definition) is 3. The number of phosphoric ester groups is 2. The molecule has 0 aliphatic rings. The zero-order chi connectivity index (χ0) is 74.6. The maximum Gasteiger partial charge on any atom is 0.472 e. The molecular formula is C83H142O17P2. The van der Waals surface area contributed by atoms with Gasteiger partial charge in [-0.3, -0.25) is 37.3 Å². The number of phosphoric acid groups is 2. The first-order valence-electron chi connectivity index (χ1n) is 39.8. The lowest BCUT2D eigenvalue weighted by molar-refractivity contribution is -0.161. The molecule has 0 aliphatic heterocycles. The van der Waals surface area contributed by atoms with E-state index in [2.05, 4.69) is 149 Å². The van der Waals surface area contributed by atoms with Crippen LogP contribution >= 0.6 is 15.6 Å². The Morgan fingerprint density at radius 3 is 0.824 bits per heavy atom. The molecule has 0 rings (SSSR count). The van der Waals surface area contributed by atoms with Gasteiger partial charge in [-0.15, -0.1) is 0 Å². The first-order chi connectivity index (χ1) is 49.7. The molecule has 0 spiro atoms. The molecule has 19 heteroatoms. The van der Waals surface area contributed by atoms with Crippen LogP contribution in [0.3, 0.4) is 0 Å². The predicted octanol–water partition coefficient (Wildman–Crippen LogP) is 23.1. The maximum absolute atomic E-state index is 13.1. The molecule has 17 nitrogen and oxygen atoms in total. The molecule has 0 aromatic carbocycles. The molecule has 0 heterocycles. The highest BCUT2D eigenvalue weighted by Gasteiger charge is 2.30. The third kappa shape index (κ3) is 73.8. The molecule has 0 saturated carbocycles. The molecule has 0 aromatic heterocycles. The highest BCUT2D eigenvalue weighted by Crippen LogP contribution is 2.45. The smallest absolute Gasteiger partial charge is 0.462 e. The van der Waals surface area contributed by atoms with Gasteiger partial charge in [-0.25, -0.2) is 9.13 Å². The van der Waals surface area contributed by atoms with E-state index < -0.39 is 97.5 Å². The minimum atomic E-state index is -4.99. The number of aliphatic hydroxyl groups excluding tert-OH is 1. The number of aliphatic hydroxyl groups is 1. The summed E-state index contributed by atoms with van der Waals surface area (Å²) in [6.45, 7) is 4.63. The van der Waals surface area contributed by atoms with E-state index in [1.54, 1.807) is 0 Å². The number of carbonyl (C=O) groups is 4. The number of allylic oxidation sites excluding steroid dienone is 20. The van der Waals surface area contributed by atoms with Crippen molar-refractivity contribution in [1.82, 2.24) is 0 Å². The summed E-state index contributed by atoms with van der Waals surface area (Å²) in [6, 6.07) is 0. The van der Waals surface area contributed by atoms with E-state index in [1.165, 1.54) is 64.2 Å². The van der Waals surface area contributed by atoms with Gasteiger partial charge in [0.2, 0.25) is 0 Å². The molecule has 2 unspecified atom stereocenters. The third-order valence-corrected chi connectivity index (χ3v) is 18.3. The normalized spacial score (nSPS) is 14.5. The molecule has 586 valence electrons. The molecular weight excluding hydrogens is 1330 g/mol. The van der Waals surface area contributed by atoms with Gasteiger partial charge in [-0.1, -0.05) is 258 Å². The lowest BCUT2D eigenvalue weighted by Crippen LogP contribution is -2.30. The van der Waals surface area contributed by atoms with Gasteiger partial charge in [0.25, 0.3) is 0 Å². The van der Waals surface area contributed by atoms with Crippen LogP contribution in [0.25, 0.3) is 0 Å². The van der Waals surface area contributed by atoms with E-state index in [1.807, 2.05) is 0 Å². The van der Waals surface area contributed by atoms with Crippen LogP contribution in [0.5, 0.6) is 0 Å². The quantitative estimate of drug-likeness (QED) is 0.0169. The minimum Gasteiger partial charge on any atom is -0.462 e. The summed E-state index contributed by atoms with van der Waals surface area (Å²) >= 11 is 0. The Morgan fingerprint density at radius 1 is 0.284 bits per heavy atom. The van der Waals surface area contributed by atoms with Gasteiger partial charge in [0, 0.05) is 25.7 Å². The molecule has 0 bridgehead atoms. The van der Waals surface area contributed by atoms with Crippen LogP contribution in [0.1, 0.15) is 323 Å². The zero-order valence-electron chi connectivity index (χ0n) is 64.0. The predicted molar refractivity (Wildman–Crippen MR) is 418 cm³/mol. The Morgan fingerprint density at radius 2 is 0.510 bits per heavy atom. The Kier molecular flexibility index (Phi) is 71.4. The summed E-state index contributed by atoms with van der Waals surface area (Å²) in [5.74, 6) is -2.25. The highest BCUT2D eigenvalue weighted by atomic mass is 31.2. The average Bonchev–Trinajstić information content (AvgIpc) is 1.21. The summed E-state index contributed by atoms with van der Waals surface area (Å²) in [6.07, 6.45) is 81.7. The van der Waals surface area contributed by atoms with E-state index in [4.69, 9.17) is 37.0 Å². The first kappa shape index (κ1) is 97.5. The van der Waals surface area contributed by atoms with Crippen LogP contribution in [0, 0.1) is 0 Å². The fraction of sp³-hybridized carbons (Fsp3) is 0.711. The maximum atomic E-state index is 13.1. The van der Waals surface area contributed by atoms with Crippen LogP contribution in [0.15, 0.2) is 122 Å². The van der Waals surface area contributed by atoms with Crippen molar-refractivity contribution >= 4 is 39.5 Å². The van der Waals surface area contributed by atoms with E-state index >= 15 is 0 Å². The first-order valence-corrected chi connectivity index (χ1v) is 42.8. The Labute approximate surface area is 619 Å². The van der Waals surface area contributed by atoms with Gasteiger partial charge >= 0.3 is 39.5 Å². The molecule has 0 fully saturated rings. The minimum absolute atomic E-state index is 0.0501. The van der Waals surface area contributed by atoms with Gasteiger partial charge in [0.05, 0.1) is 26.4 Å². The van der Waals surface area contributed by atoms with E-state index in [9.17, 15) is 43.2 Å². The standard InChI is InChI=1S/C83H142O17P2/c1-5-9-13-17-21-25-29-33-36-37-38-39-42-46-50-54-58-62-66-70-83(88)100-79(74-94-81(86)68-64-60-56-52-48-44-40-34-30-26-22-18-14-10-6-2)76-98-102(91,92)96-72-77(84)71-95-101(89,90)97-75-78(73-93-80(85)67-63-59-55-51-47-43-32-28-24-20-16-12-8-4)99-82(87)69-65-61-57-53-49-45-41-35-31-27-23-19-15-11-7-3/h9,13,21-23,25-28,32-36,38-41,46,50,77-79,84H,5-8,10-12,14-20,24,29-31,37,42-45,47-49,51-76H2,1-4H3,(H,89,90)(H,91,92)/b13-9-,25-21-,26-22-,27-23-,32-28-,36-33-,39-38-,40-34-,41-35-,50-46-/t77-,78+,79+/m0/s1. The summed E-state index contributed by atoms with van der Waals surface area (Å²) in [5.41, 5.74) is 0. The third-order valence-electron chi connectivity index (χ3n) is 16.4. The van der Waals surface area contributed by atoms with Crippen molar-refractivity contribution in [2.24, 2.45) is 0 Å². The van der Waals surface area contributed by atoms with Gasteiger partial charge in [-0.2, -0.15) is 0 Å². The fourth-order valence-electron chi connectivity index (χ4n) is 10.3. The number of rotatable bonds is 74. The summed E-state index contributed by atoms with van der Waals surface area (Å²) in [5, 5.41) is 10.6. The average molecular weight is 1470 g/mol. The summed E-state index contributed by atoms with van der Waals surface area (Å²) < 4.78 is 68.5. The second kappa shape index (κ2) is 74.7. The molecule has 0 amide bonds.